The summed E-state index contributed by atoms with van der Waals surface area (Å²) in [4.78, 5) is 3.78. The Morgan fingerprint density at radius 1 is 0.941 bits per heavy atom. The van der Waals surface area contributed by atoms with Crippen molar-refractivity contribution in [3.8, 4) is 0 Å². The molecule has 92 valence electrons. The van der Waals surface area contributed by atoms with E-state index in [1.54, 1.807) is 12.4 Å². The fourth-order valence-electron chi connectivity index (χ4n) is 0.727. The van der Waals surface area contributed by atoms with Gasteiger partial charge in [-0.3, -0.25) is 4.98 Å². The van der Waals surface area contributed by atoms with E-state index in [-0.39, 0.29) is 0 Å². The first-order chi connectivity index (χ1) is 8.13. The highest BCUT2D eigenvalue weighted by molar-refractivity contribution is 7.69. The molecule has 1 aromatic carbocycles. The second kappa shape index (κ2) is 11.1. The number of rotatable bonds is 0. The van der Waals surface area contributed by atoms with Crippen LogP contribution in [0.4, 0.5) is 0 Å². The van der Waals surface area contributed by atoms with Gasteiger partial charge >= 0.3 is 0 Å². The zero-order valence-corrected chi connectivity index (χ0v) is 10.6. The van der Waals surface area contributed by atoms with Crippen LogP contribution in [-0.4, -0.2) is 13.4 Å². The van der Waals surface area contributed by atoms with Gasteiger partial charge in [-0.05, 0) is 24.3 Å². The number of nitrogens with two attached hydrogens (primary N) is 1. The SMILES string of the molecule is Clc1ccccc1.N[SH](=O)=O.c1ccncc1. The van der Waals surface area contributed by atoms with Gasteiger partial charge in [-0.1, -0.05) is 35.9 Å². The fraction of sp³-hybridized carbons (Fsp3) is 0. The Labute approximate surface area is 107 Å². The molecule has 2 N–H and O–H groups in total. The summed E-state index contributed by atoms with van der Waals surface area (Å²) in [5.74, 6) is 0. The number of hydrogen-bond donors (Lipinski definition) is 2. The maximum Gasteiger partial charge on any atom is 0.198 e. The molecule has 0 aliphatic rings. The number of nitrogens with zero attached hydrogens (tertiary/aromatic N) is 1. The molecule has 0 spiro atoms. The lowest BCUT2D eigenvalue weighted by atomic mass is 10.4. The fourth-order valence-corrected chi connectivity index (χ4v) is 0.873. The van der Waals surface area contributed by atoms with Gasteiger partial charge in [0.1, 0.15) is 0 Å². The lowest BCUT2D eigenvalue weighted by Gasteiger charge is -1.80. The minimum absolute atomic E-state index is 0.794. The monoisotopic (exact) mass is 272 g/mol. The van der Waals surface area contributed by atoms with Gasteiger partial charge in [0.25, 0.3) is 0 Å². The van der Waals surface area contributed by atoms with Gasteiger partial charge in [-0.15, -0.1) is 0 Å². The van der Waals surface area contributed by atoms with Gasteiger partial charge in [0.05, 0.1) is 0 Å². The molecule has 0 saturated heterocycles. The molecule has 1 heterocycles. The van der Waals surface area contributed by atoms with Gasteiger partial charge in [0, 0.05) is 17.4 Å². The second-order valence-corrected chi connectivity index (χ2v) is 3.61. The largest absolute Gasteiger partial charge is 0.265 e. The normalized spacial score (nSPS) is 8.41. The standard InChI is InChI=1S/C6H5Cl.C5H5N.H3NO2S/c7-6-4-2-1-3-5-6;1-2-4-6-5-3-1;1-4(2)3/h1-5H;1-5H;4H,(H2,1,2,3). The zero-order chi connectivity index (χ0) is 12.9. The van der Waals surface area contributed by atoms with Crippen LogP contribution < -0.4 is 5.14 Å². The van der Waals surface area contributed by atoms with Crippen molar-refractivity contribution in [2.75, 3.05) is 0 Å². The third-order valence-corrected chi connectivity index (χ3v) is 1.55. The Morgan fingerprint density at radius 2 is 1.35 bits per heavy atom. The number of hydrogen-bond acceptors (Lipinski definition) is 3. The Balaban J connectivity index is 0.000000236. The van der Waals surface area contributed by atoms with E-state index in [2.05, 4.69) is 10.1 Å². The molecule has 0 radical (unpaired) electrons. The van der Waals surface area contributed by atoms with Gasteiger partial charge < -0.3 is 0 Å². The predicted octanol–water partition coefficient (Wildman–Crippen LogP) is 1.89. The number of pyridine rings is 1. The lowest BCUT2D eigenvalue weighted by molar-refractivity contribution is 0.616. The Bertz CT molecular complexity index is 415. The highest BCUT2D eigenvalue weighted by Crippen LogP contribution is 2.03. The third kappa shape index (κ3) is 14.6. The van der Waals surface area contributed by atoms with Crippen molar-refractivity contribution in [2.24, 2.45) is 5.14 Å². The maximum absolute atomic E-state index is 8.81. The van der Waals surface area contributed by atoms with Gasteiger partial charge in [0.15, 0.2) is 10.9 Å². The van der Waals surface area contributed by atoms with E-state index in [1.807, 2.05) is 48.5 Å². The molecular formula is C11H13ClN2O2S. The number of benzene rings is 1. The number of halogens is 1. The van der Waals surface area contributed by atoms with Crippen molar-refractivity contribution in [1.82, 2.24) is 4.98 Å². The van der Waals surface area contributed by atoms with Crippen LogP contribution in [0.25, 0.3) is 0 Å². The van der Waals surface area contributed by atoms with E-state index in [1.165, 1.54) is 0 Å². The van der Waals surface area contributed by atoms with E-state index in [4.69, 9.17) is 20.0 Å². The van der Waals surface area contributed by atoms with E-state index < -0.39 is 10.9 Å². The molecule has 0 aliphatic carbocycles. The summed E-state index contributed by atoms with van der Waals surface area (Å²) < 4.78 is 17.6. The minimum atomic E-state index is -2.62. The molecule has 4 nitrogen and oxygen atoms in total. The van der Waals surface area contributed by atoms with Crippen LogP contribution in [0.5, 0.6) is 0 Å². The first kappa shape index (κ1) is 15.6. The molecule has 2 aromatic rings. The van der Waals surface area contributed by atoms with Crippen molar-refractivity contribution < 1.29 is 8.42 Å². The Morgan fingerprint density at radius 3 is 1.53 bits per heavy atom. The lowest BCUT2D eigenvalue weighted by Crippen LogP contribution is -1.85. The summed E-state index contributed by atoms with van der Waals surface area (Å²) in [7, 11) is -2.62. The molecule has 0 fully saturated rings. The smallest absolute Gasteiger partial charge is 0.198 e. The summed E-state index contributed by atoms with van der Waals surface area (Å²) in [6.45, 7) is 0. The molecular weight excluding hydrogens is 260 g/mol. The Kier molecular flexibility index (Phi) is 10.1. The van der Waals surface area contributed by atoms with Crippen molar-refractivity contribution in [1.29, 1.82) is 0 Å². The van der Waals surface area contributed by atoms with E-state index in [9.17, 15) is 0 Å². The summed E-state index contributed by atoms with van der Waals surface area (Å²) in [5.41, 5.74) is 0. The third-order valence-electron chi connectivity index (χ3n) is 1.30. The average Bonchev–Trinajstić information content (AvgIpc) is 2.32. The first-order valence-electron chi connectivity index (χ1n) is 4.57. The first-order valence-corrected chi connectivity index (χ1v) is 6.20. The van der Waals surface area contributed by atoms with Crippen molar-refractivity contribution in [2.45, 2.75) is 0 Å². The van der Waals surface area contributed by atoms with Crippen LogP contribution in [0.15, 0.2) is 60.9 Å². The molecule has 0 aliphatic heterocycles. The number of thiol groups is 1. The molecule has 0 atom stereocenters. The topological polar surface area (TPSA) is 73.1 Å². The summed E-state index contributed by atoms with van der Waals surface area (Å²) >= 11 is 5.54. The second-order valence-electron chi connectivity index (χ2n) is 2.61. The van der Waals surface area contributed by atoms with Crippen molar-refractivity contribution >= 4 is 22.5 Å². The molecule has 0 unspecified atom stereocenters. The van der Waals surface area contributed by atoms with Crippen LogP contribution in [0.3, 0.4) is 0 Å². The van der Waals surface area contributed by atoms with Crippen LogP contribution in [0.1, 0.15) is 0 Å². The van der Waals surface area contributed by atoms with Gasteiger partial charge in [-0.25, -0.2) is 13.6 Å². The molecule has 0 bridgehead atoms. The molecule has 17 heavy (non-hydrogen) atoms. The van der Waals surface area contributed by atoms with Gasteiger partial charge in [-0.2, -0.15) is 0 Å². The average molecular weight is 273 g/mol. The van der Waals surface area contributed by atoms with Crippen molar-refractivity contribution in [3.05, 3.63) is 65.9 Å². The highest BCUT2D eigenvalue weighted by Gasteiger charge is 1.74. The van der Waals surface area contributed by atoms with Crippen LogP contribution in [0, 0.1) is 0 Å². The minimum Gasteiger partial charge on any atom is -0.265 e. The van der Waals surface area contributed by atoms with E-state index >= 15 is 0 Å². The summed E-state index contributed by atoms with van der Waals surface area (Å²) in [6, 6.07) is 15.2. The molecule has 0 saturated carbocycles. The van der Waals surface area contributed by atoms with Crippen LogP contribution >= 0.6 is 11.6 Å². The zero-order valence-electron chi connectivity index (χ0n) is 8.94. The van der Waals surface area contributed by atoms with Gasteiger partial charge in [0.2, 0.25) is 0 Å². The highest BCUT2D eigenvalue weighted by atomic mass is 35.5. The summed E-state index contributed by atoms with van der Waals surface area (Å²) in [6.07, 6.45) is 3.50. The predicted molar refractivity (Wildman–Crippen MR) is 70.2 cm³/mol. The van der Waals surface area contributed by atoms with E-state index in [0.717, 1.165) is 5.02 Å². The van der Waals surface area contributed by atoms with Crippen LogP contribution in [0.2, 0.25) is 5.02 Å². The van der Waals surface area contributed by atoms with E-state index in [0.29, 0.717) is 0 Å². The quantitative estimate of drug-likeness (QED) is 0.720. The molecule has 0 amide bonds. The Hall–Kier alpha value is -1.43. The number of aromatic nitrogens is 1. The maximum atomic E-state index is 8.81. The summed E-state index contributed by atoms with van der Waals surface area (Å²) in [5, 5.41) is 4.86. The van der Waals surface area contributed by atoms with Crippen LogP contribution in [-0.2, 0) is 10.9 Å². The van der Waals surface area contributed by atoms with Crippen molar-refractivity contribution in [3.63, 3.8) is 0 Å². The molecule has 6 heteroatoms. The molecule has 1 aromatic heterocycles. The molecule has 2 rings (SSSR count).